The van der Waals surface area contributed by atoms with Crippen molar-refractivity contribution in [2.24, 2.45) is 0 Å². The Bertz CT molecular complexity index is 1800. The number of rotatable bonds is 16. The van der Waals surface area contributed by atoms with Crippen molar-refractivity contribution in [3.8, 4) is 22.8 Å². The fourth-order valence-corrected chi connectivity index (χ4v) is 5.18. The average Bonchev–Trinajstić information content (AvgIpc) is 3.49. The molecule has 0 bridgehead atoms. The zero-order valence-electron chi connectivity index (χ0n) is 24.6. The Hall–Kier alpha value is -4.32. The number of halogens is 2. The summed E-state index contributed by atoms with van der Waals surface area (Å²) in [6.07, 6.45) is 4.97. The van der Waals surface area contributed by atoms with Crippen LogP contribution in [-0.2, 0) is 28.7 Å². The molecular formula is C33H32ClFN4O5S. The number of furan rings is 1. The van der Waals surface area contributed by atoms with Gasteiger partial charge in [-0.1, -0.05) is 23.7 Å². The van der Waals surface area contributed by atoms with E-state index in [1.807, 2.05) is 30.3 Å². The van der Waals surface area contributed by atoms with Crippen LogP contribution >= 0.6 is 11.6 Å². The van der Waals surface area contributed by atoms with Crippen molar-refractivity contribution >= 4 is 51.1 Å². The molecule has 2 N–H and O–H groups in total. The third-order valence-corrected chi connectivity index (χ3v) is 7.81. The Morgan fingerprint density at radius 1 is 1.04 bits per heavy atom. The average molecular weight is 651 g/mol. The Labute approximate surface area is 267 Å². The largest absolute Gasteiger partial charge is 0.493 e. The van der Waals surface area contributed by atoms with Gasteiger partial charge >= 0.3 is 0 Å². The molecule has 2 aromatic heterocycles. The van der Waals surface area contributed by atoms with E-state index in [2.05, 4.69) is 20.6 Å². The summed E-state index contributed by atoms with van der Waals surface area (Å²) in [5.74, 6) is 3.11. The molecule has 2 heterocycles. The maximum atomic E-state index is 13.5. The number of aldehydes is 1. The fraction of sp³-hybridized carbons (Fsp3) is 0.242. The molecular weight excluding hydrogens is 619 g/mol. The van der Waals surface area contributed by atoms with E-state index in [0.29, 0.717) is 88.7 Å². The summed E-state index contributed by atoms with van der Waals surface area (Å²) < 4.78 is 42.9. The molecule has 0 aliphatic heterocycles. The van der Waals surface area contributed by atoms with Gasteiger partial charge in [0.25, 0.3) is 0 Å². The van der Waals surface area contributed by atoms with Crippen LogP contribution in [0.3, 0.4) is 0 Å². The molecule has 5 rings (SSSR count). The number of anilines is 2. The molecule has 0 fully saturated rings. The molecule has 0 spiro atoms. The van der Waals surface area contributed by atoms with Crippen molar-refractivity contribution in [3.63, 3.8) is 0 Å². The van der Waals surface area contributed by atoms with Crippen LogP contribution in [0.1, 0.15) is 24.2 Å². The second-order valence-electron chi connectivity index (χ2n) is 10.2. The lowest BCUT2D eigenvalue weighted by atomic mass is 10.1. The highest BCUT2D eigenvalue weighted by Gasteiger charge is 2.16. The Kier molecular flexibility index (Phi) is 11.1. The number of carbonyl (C=O) groups excluding carboxylic acids is 1. The molecule has 0 amide bonds. The van der Waals surface area contributed by atoms with Gasteiger partial charge in [-0.15, -0.1) is 0 Å². The summed E-state index contributed by atoms with van der Waals surface area (Å²) in [6.45, 7) is 1.62. The number of carbonyl (C=O) groups is 1. The quantitative estimate of drug-likeness (QED) is 0.0875. The molecule has 0 saturated carbocycles. The standard InChI is InChI=1S/C33H32ClFN4O5S/c1-45(41)14-11-36-19-25-8-10-30(44-25)27-17-26-29(18-32(27)42-13-3-2-12-40)37-21-38-33(26)39-24-7-9-31(28(34)16-24)43-20-22-5-4-6-23(35)15-22/h4-10,12,15-18,21,36H,2-3,11,13-14,19-20H2,1H3,(H,37,38,39). The van der Waals surface area contributed by atoms with Crippen LogP contribution in [0.15, 0.2) is 77.5 Å². The van der Waals surface area contributed by atoms with E-state index in [0.717, 1.165) is 17.4 Å². The summed E-state index contributed by atoms with van der Waals surface area (Å²) in [5, 5.41) is 7.65. The maximum absolute atomic E-state index is 13.5. The minimum absolute atomic E-state index is 0.174. The third-order valence-electron chi connectivity index (χ3n) is 6.73. The van der Waals surface area contributed by atoms with Crippen molar-refractivity contribution in [1.82, 2.24) is 15.3 Å². The lowest BCUT2D eigenvalue weighted by Crippen LogP contribution is -2.19. The number of ether oxygens (including phenoxy) is 2. The van der Waals surface area contributed by atoms with Crippen molar-refractivity contribution in [2.45, 2.75) is 26.0 Å². The highest BCUT2D eigenvalue weighted by molar-refractivity contribution is 7.84. The molecule has 5 aromatic rings. The molecule has 234 valence electrons. The number of fused-ring (bicyclic) bond motifs is 1. The highest BCUT2D eigenvalue weighted by atomic mass is 35.5. The predicted molar refractivity (Wildman–Crippen MR) is 174 cm³/mol. The molecule has 12 heteroatoms. The van der Waals surface area contributed by atoms with Crippen LogP contribution in [-0.4, -0.2) is 45.6 Å². The zero-order chi connectivity index (χ0) is 31.6. The lowest BCUT2D eigenvalue weighted by molar-refractivity contribution is -0.108. The second-order valence-corrected chi connectivity index (χ2v) is 12.1. The lowest BCUT2D eigenvalue weighted by Gasteiger charge is -2.14. The van der Waals surface area contributed by atoms with E-state index in [1.54, 1.807) is 30.5 Å². The van der Waals surface area contributed by atoms with Gasteiger partial charge in [-0.05, 0) is 60.5 Å². The topological polar surface area (TPSA) is 116 Å². The molecule has 3 aromatic carbocycles. The SMILES string of the molecule is CS(=O)CCNCc1ccc(-c2cc3c(Nc4ccc(OCc5cccc(F)c5)c(Cl)c4)ncnc3cc2OCCCC=O)o1. The Morgan fingerprint density at radius 3 is 2.73 bits per heavy atom. The van der Waals surface area contributed by atoms with E-state index in [9.17, 15) is 13.4 Å². The van der Waals surface area contributed by atoms with E-state index >= 15 is 0 Å². The van der Waals surface area contributed by atoms with Crippen molar-refractivity contribution < 1.29 is 27.3 Å². The van der Waals surface area contributed by atoms with E-state index in [4.69, 9.17) is 25.5 Å². The van der Waals surface area contributed by atoms with Gasteiger partial charge in [-0.25, -0.2) is 14.4 Å². The summed E-state index contributed by atoms with van der Waals surface area (Å²) in [5.41, 5.74) is 2.71. The van der Waals surface area contributed by atoms with Gasteiger partial charge in [-0.2, -0.15) is 0 Å². The molecule has 0 aliphatic rings. The van der Waals surface area contributed by atoms with Gasteiger partial charge in [0.2, 0.25) is 0 Å². The van der Waals surface area contributed by atoms with E-state index < -0.39 is 10.8 Å². The summed E-state index contributed by atoms with van der Waals surface area (Å²) in [7, 11) is -0.873. The number of hydrogen-bond acceptors (Lipinski definition) is 9. The highest BCUT2D eigenvalue weighted by Crippen LogP contribution is 2.38. The summed E-state index contributed by atoms with van der Waals surface area (Å²) >= 11 is 6.53. The second kappa shape index (κ2) is 15.6. The molecule has 1 unspecified atom stereocenters. The van der Waals surface area contributed by atoms with Gasteiger partial charge in [0.15, 0.2) is 0 Å². The Balaban J connectivity index is 1.39. The monoisotopic (exact) mass is 650 g/mol. The number of hydrogen-bond donors (Lipinski definition) is 2. The third kappa shape index (κ3) is 8.87. The van der Waals surface area contributed by atoms with Crippen LogP contribution in [0.4, 0.5) is 15.9 Å². The normalized spacial score (nSPS) is 11.8. The molecule has 0 aliphatic carbocycles. The van der Waals surface area contributed by atoms with Gasteiger partial charge in [0.05, 0.1) is 29.3 Å². The van der Waals surface area contributed by atoms with Crippen LogP contribution in [0, 0.1) is 5.82 Å². The Morgan fingerprint density at radius 2 is 1.93 bits per heavy atom. The molecule has 45 heavy (non-hydrogen) atoms. The maximum Gasteiger partial charge on any atom is 0.141 e. The molecule has 1 atom stereocenters. The number of nitrogens with zero attached hydrogens (tertiary/aromatic N) is 2. The molecule has 0 saturated heterocycles. The van der Waals surface area contributed by atoms with Crippen LogP contribution in [0.5, 0.6) is 11.5 Å². The van der Waals surface area contributed by atoms with Crippen LogP contribution < -0.4 is 20.1 Å². The fourth-order valence-electron chi connectivity index (χ4n) is 4.51. The van der Waals surface area contributed by atoms with Gasteiger partial charge in [0, 0.05) is 52.9 Å². The number of aromatic nitrogens is 2. The van der Waals surface area contributed by atoms with E-state index in [-0.39, 0.29) is 12.4 Å². The minimum Gasteiger partial charge on any atom is -0.493 e. The smallest absolute Gasteiger partial charge is 0.141 e. The first-order valence-electron chi connectivity index (χ1n) is 14.3. The molecule has 0 radical (unpaired) electrons. The number of nitrogens with one attached hydrogen (secondary N) is 2. The first kappa shape index (κ1) is 32.1. The van der Waals surface area contributed by atoms with Crippen molar-refractivity contribution in [3.05, 3.63) is 95.2 Å². The number of benzene rings is 3. The number of unbranched alkanes of at least 4 members (excludes halogenated alkanes) is 1. The van der Waals surface area contributed by atoms with Crippen LogP contribution in [0.25, 0.3) is 22.2 Å². The predicted octanol–water partition coefficient (Wildman–Crippen LogP) is 6.83. The van der Waals surface area contributed by atoms with Crippen molar-refractivity contribution in [1.29, 1.82) is 0 Å². The first-order valence-corrected chi connectivity index (χ1v) is 16.4. The summed E-state index contributed by atoms with van der Waals surface area (Å²) in [6, 6.07) is 19.0. The summed E-state index contributed by atoms with van der Waals surface area (Å²) in [4.78, 5) is 19.8. The van der Waals surface area contributed by atoms with Crippen molar-refractivity contribution in [2.75, 3.05) is 30.5 Å². The molecule has 9 nitrogen and oxygen atoms in total. The minimum atomic E-state index is -0.873. The van der Waals surface area contributed by atoms with E-state index in [1.165, 1.54) is 18.5 Å². The van der Waals surface area contributed by atoms with Gasteiger partial charge < -0.3 is 29.3 Å². The van der Waals surface area contributed by atoms with Crippen LogP contribution in [0.2, 0.25) is 5.02 Å². The van der Waals surface area contributed by atoms with Gasteiger partial charge in [0.1, 0.15) is 53.9 Å². The zero-order valence-corrected chi connectivity index (χ0v) is 26.1. The van der Waals surface area contributed by atoms with Gasteiger partial charge in [-0.3, -0.25) is 4.21 Å². The first-order chi connectivity index (χ1) is 21.9.